The van der Waals surface area contributed by atoms with Crippen molar-refractivity contribution in [3.05, 3.63) is 309 Å². The summed E-state index contributed by atoms with van der Waals surface area (Å²) in [5.41, 5.74) is 22.6. The van der Waals surface area contributed by atoms with E-state index >= 15 is 0 Å². The van der Waals surface area contributed by atoms with Crippen LogP contribution in [0.5, 0.6) is 0 Å². The summed E-state index contributed by atoms with van der Waals surface area (Å²) in [4.78, 5) is 7.83. The zero-order valence-electron chi connectivity index (χ0n) is 52.7. The molecule has 3 aliphatic rings. The number of furan rings is 2. The van der Waals surface area contributed by atoms with E-state index in [-0.39, 0.29) is 0 Å². The molecule has 0 aliphatic carbocycles. The molecular formula is C90H51N3O2S4. The summed E-state index contributed by atoms with van der Waals surface area (Å²) in [6.07, 6.45) is 0. The van der Waals surface area contributed by atoms with Crippen LogP contribution in [-0.4, -0.2) is 13.7 Å². The van der Waals surface area contributed by atoms with E-state index in [1.807, 2.05) is 70.9 Å². The highest BCUT2D eigenvalue weighted by molar-refractivity contribution is 8.00. The molecule has 3 aliphatic heterocycles. The van der Waals surface area contributed by atoms with Crippen LogP contribution in [0.2, 0.25) is 0 Å². The highest BCUT2D eigenvalue weighted by Crippen LogP contribution is 2.52. The summed E-state index contributed by atoms with van der Waals surface area (Å²) < 4.78 is 22.4. The lowest BCUT2D eigenvalue weighted by Crippen LogP contribution is -2.01. The van der Waals surface area contributed by atoms with Gasteiger partial charge in [-0.25, -0.2) is 0 Å². The maximum Gasteiger partial charge on any atom is 0.143 e. The summed E-state index contributed by atoms with van der Waals surface area (Å²) in [6, 6.07) is 112. The average molecular weight is 1330 g/mol. The van der Waals surface area contributed by atoms with Crippen LogP contribution in [-0.2, 0) is 0 Å². The summed E-state index contributed by atoms with van der Waals surface area (Å²) in [6.45, 7) is 0. The number of hydrogen-bond donors (Lipinski definition) is 0. The Kier molecular flexibility index (Phi) is 12.1. The lowest BCUT2D eigenvalue weighted by atomic mass is 10.00. The fourth-order valence-electron chi connectivity index (χ4n) is 16.0. The van der Waals surface area contributed by atoms with Crippen LogP contribution < -0.4 is 0 Å². The molecule has 0 N–H and O–H groups in total. The number of nitrogens with zero attached hydrogens (tertiary/aromatic N) is 3. The molecule has 0 saturated heterocycles. The number of hydrogen-bond acceptors (Lipinski definition) is 6. The van der Waals surface area contributed by atoms with Gasteiger partial charge in [-0.3, -0.25) is 0 Å². The Morgan fingerprint density at radius 1 is 0.222 bits per heavy atom. The topological polar surface area (TPSA) is 41.1 Å². The molecule has 15 aromatic carbocycles. The molecule has 9 heterocycles. The third-order valence-corrected chi connectivity index (χ3v) is 24.8. The van der Waals surface area contributed by atoms with Crippen LogP contribution >= 0.6 is 46.6 Å². The Morgan fingerprint density at radius 3 is 1.28 bits per heavy atom. The van der Waals surface area contributed by atoms with E-state index in [0.717, 1.165) is 49.4 Å². The molecule has 0 amide bonds. The highest BCUT2D eigenvalue weighted by Gasteiger charge is 2.28. The SMILES string of the molecule is c1ccc2c(c1)Sc1cc(-c3cccc4c3oc3ccccc34)cc3c4ccccc4n-2c13.c1ccc2c(c1)Sc1cccc3c4cc(-c5ccc6oc7ccccc7c6c5)ccc4n-2c13.c1ccc2c(c1)Sc1cccc3c4cc(-c5ccc6sc7ccccc7c6c5)ccc4n-2c13. The molecule has 0 fully saturated rings. The van der Waals surface area contributed by atoms with Gasteiger partial charge in [0.05, 0.1) is 50.2 Å². The summed E-state index contributed by atoms with van der Waals surface area (Å²) in [7, 11) is 0. The van der Waals surface area contributed by atoms with Crippen LogP contribution in [0.25, 0.3) is 180 Å². The first kappa shape index (κ1) is 55.7. The number of benzene rings is 15. The Labute approximate surface area is 583 Å². The van der Waals surface area contributed by atoms with Crippen molar-refractivity contribution in [3.63, 3.8) is 0 Å². The lowest BCUT2D eigenvalue weighted by Gasteiger charge is -2.20. The monoisotopic (exact) mass is 1330 g/mol. The van der Waals surface area contributed by atoms with Gasteiger partial charge in [0.2, 0.25) is 0 Å². The minimum absolute atomic E-state index is 0.932. The lowest BCUT2D eigenvalue weighted by molar-refractivity contribution is 0.669. The summed E-state index contributed by atoms with van der Waals surface area (Å²) in [5, 5.41) is 15.2. The third kappa shape index (κ3) is 8.40. The predicted molar refractivity (Wildman–Crippen MR) is 418 cm³/mol. The summed E-state index contributed by atoms with van der Waals surface area (Å²) in [5.74, 6) is 0. The molecule has 21 aromatic rings. The van der Waals surface area contributed by atoms with Crippen molar-refractivity contribution in [2.24, 2.45) is 0 Å². The van der Waals surface area contributed by atoms with Crippen LogP contribution in [0.15, 0.2) is 348 Å². The van der Waals surface area contributed by atoms with Gasteiger partial charge >= 0.3 is 0 Å². The van der Waals surface area contributed by atoms with Crippen molar-refractivity contribution < 1.29 is 8.83 Å². The van der Waals surface area contributed by atoms with Crippen molar-refractivity contribution in [2.75, 3.05) is 0 Å². The van der Waals surface area contributed by atoms with Crippen molar-refractivity contribution in [3.8, 4) is 50.4 Å². The first-order valence-corrected chi connectivity index (χ1v) is 36.6. The standard InChI is InChI=1S/2C30H17NOS.C30H17NS2/c1-3-12-24-20(8-1)23-16-18(17-28-29(23)31(24)25-13-4-6-15-27(25)33-28)19-10-7-11-22-21-9-2-5-14-26(21)32-30(19)22;2*1-3-9-26-20(6-1)23-17-19(13-15-27(23)32-26)18-12-14-24-22(16-18)21-7-5-11-29-30(21)31(24)25-8-2-4-10-28(25)33-29/h3*1-17H. The molecule has 6 aromatic heterocycles. The van der Waals surface area contributed by atoms with Gasteiger partial charge in [0.15, 0.2) is 0 Å². The van der Waals surface area contributed by atoms with Gasteiger partial charge in [0.25, 0.3) is 0 Å². The fourth-order valence-corrected chi connectivity index (χ4v) is 20.4. The second kappa shape index (κ2) is 21.5. The molecule has 0 saturated carbocycles. The number of thiophene rings is 1. The van der Waals surface area contributed by atoms with Gasteiger partial charge < -0.3 is 22.5 Å². The van der Waals surface area contributed by atoms with Gasteiger partial charge in [0.1, 0.15) is 22.3 Å². The van der Waals surface area contributed by atoms with Crippen LogP contribution in [0, 0.1) is 0 Å². The molecular weight excluding hydrogens is 1280 g/mol. The van der Waals surface area contributed by atoms with Gasteiger partial charge in [-0.2, -0.15) is 0 Å². The van der Waals surface area contributed by atoms with E-state index in [2.05, 4.69) is 299 Å². The normalized spacial score (nSPS) is 12.7. The molecule has 24 rings (SSSR count). The van der Waals surface area contributed by atoms with Gasteiger partial charge in [-0.05, 0) is 161 Å². The number of fused-ring (bicyclic) bond motifs is 24. The van der Waals surface area contributed by atoms with E-state index in [9.17, 15) is 0 Å². The van der Waals surface area contributed by atoms with E-state index in [0.29, 0.717) is 0 Å². The van der Waals surface area contributed by atoms with Gasteiger partial charge in [-0.1, -0.05) is 211 Å². The van der Waals surface area contributed by atoms with Crippen LogP contribution in [0.1, 0.15) is 0 Å². The Balaban J connectivity index is 0.0000000949. The number of para-hydroxylation sites is 9. The molecule has 9 heteroatoms. The van der Waals surface area contributed by atoms with Crippen LogP contribution in [0.4, 0.5) is 0 Å². The zero-order valence-corrected chi connectivity index (χ0v) is 56.0. The van der Waals surface area contributed by atoms with E-state index < -0.39 is 0 Å². The highest BCUT2D eigenvalue weighted by atomic mass is 32.2. The largest absolute Gasteiger partial charge is 0.456 e. The Hall–Kier alpha value is -11.4. The predicted octanol–water partition coefficient (Wildman–Crippen LogP) is 26.9. The number of rotatable bonds is 3. The minimum Gasteiger partial charge on any atom is -0.456 e. The Morgan fingerprint density at radius 2 is 0.636 bits per heavy atom. The molecule has 0 atom stereocenters. The fraction of sp³-hybridized carbons (Fsp3) is 0. The number of aromatic nitrogens is 3. The van der Waals surface area contributed by atoms with Crippen LogP contribution in [0.3, 0.4) is 0 Å². The minimum atomic E-state index is 0.932. The molecule has 462 valence electrons. The average Bonchev–Trinajstić information content (AvgIpc) is 1.58. The molecule has 5 nitrogen and oxygen atoms in total. The molecule has 0 radical (unpaired) electrons. The second-order valence-corrected chi connectivity index (χ2v) is 30.1. The van der Waals surface area contributed by atoms with Crippen molar-refractivity contribution in [2.45, 2.75) is 29.4 Å². The molecule has 0 bridgehead atoms. The van der Waals surface area contributed by atoms with Crippen molar-refractivity contribution >= 4 is 176 Å². The van der Waals surface area contributed by atoms with E-state index in [4.69, 9.17) is 8.83 Å². The molecule has 99 heavy (non-hydrogen) atoms. The van der Waals surface area contributed by atoms with Crippen molar-refractivity contribution in [1.29, 1.82) is 0 Å². The van der Waals surface area contributed by atoms with Crippen molar-refractivity contribution in [1.82, 2.24) is 13.7 Å². The third-order valence-electron chi connectivity index (χ3n) is 20.3. The maximum atomic E-state index is 6.37. The van der Waals surface area contributed by atoms with Gasteiger partial charge in [0, 0.05) is 109 Å². The summed E-state index contributed by atoms with van der Waals surface area (Å²) >= 11 is 7.47. The first-order chi connectivity index (χ1) is 49.1. The molecule has 0 unspecified atom stereocenters. The van der Waals surface area contributed by atoms with Gasteiger partial charge in [-0.15, -0.1) is 11.3 Å². The quantitative estimate of drug-likeness (QED) is 0.176. The van der Waals surface area contributed by atoms with E-state index in [1.165, 1.54) is 160 Å². The smallest absolute Gasteiger partial charge is 0.143 e. The maximum absolute atomic E-state index is 6.37. The second-order valence-electron chi connectivity index (χ2n) is 25.8. The Bertz CT molecular complexity index is 6770. The zero-order chi connectivity index (χ0) is 64.6. The molecule has 0 spiro atoms. The first-order valence-electron chi connectivity index (χ1n) is 33.3. The van der Waals surface area contributed by atoms with E-state index in [1.54, 1.807) is 0 Å².